The van der Waals surface area contributed by atoms with Gasteiger partial charge >= 0.3 is 39.5 Å². The first kappa shape index (κ1) is 90.1. The van der Waals surface area contributed by atoms with Gasteiger partial charge in [0.2, 0.25) is 0 Å². The second kappa shape index (κ2) is 65.0. The lowest BCUT2D eigenvalue weighted by molar-refractivity contribution is -0.161. The second-order valence-electron chi connectivity index (χ2n) is 27.3. The van der Waals surface area contributed by atoms with Gasteiger partial charge in [0.05, 0.1) is 26.4 Å². The van der Waals surface area contributed by atoms with Crippen LogP contribution < -0.4 is 0 Å². The summed E-state index contributed by atoms with van der Waals surface area (Å²) in [6, 6.07) is 0. The molecule has 92 heavy (non-hydrogen) atoms. The number of ether oxygens (including phenoxy) is 4. The molecule has 0 heterocycles. The molecule has 0 spiro atoms. The summed E-state index contributed by atoms with van der Waals surface area (Å²) < 4.78 is 68.4. The summed E-state index contributed by atoms with van der Waals surface area (Å²) in [4.78, 5) is 72.6. The van der Waals surface area contributed by atoms with Crippen molar-refractivity contribution in [3.63, 3.8) is 0 Å². The van der Waals surface area contributed by atoms with E-state index in [1.54, 1.807) is 0 Å². The van der Waals surface area contributed by atoms with Crippen molar-refractivity contribution in [1.82, 2.24) is 0 Å². The monoisotopic (exact) mass is 1350 g/mol. The van der Waals surface area contributed by atoms with Crippen molar-refractivity contribution in [1.29, 1.82) is 0 Å². The van der Waals surface area contributed by atoms with Crippen LogP contribution in [0.4, 0.5) is 0 Å². The van der Waals surface area contributed by atoms with E-state index >= 15 is 0 Å². The Bertz CT molecular complexity index is 1790. The smallest absolute Gasteiger partial charge is 0.462 e. The van der Waals surface area contributed by atoms with Crippen molar-refractivity contribution in [2.24, 2.45) is 11.8 Å². The van der Waals surface area contributed by atoms with E-state index in [0.717, 1.165) is 102 Å². The summed E-state index contributed by atoms with van der Waals surface area (Å²) in [5, 5.41) is 10.6. The van der Waals surface area contributed by atoms with Gasteiger partial charge in [-0.15, -0.1) is 0 Å². The van der Waals surface area contributed by atoms with Gasteiger partial charge in [-0.3, -0.25) is 37.3 Å². The standard InChI is InChI=1S/C73H142O17P2/c1-7-9-11-13-15-17-18-19-20-21-22-23-26-33-39-45-51-57-72(77)89-69(62-84-71(76)56-50-44-38-32-27-24-25-30-35-41-47-53-65(3)4)64-88-92(81,82)86-60-67(74)59-85-91(79,80)87-63-68(61-83-70(75)55-49-43-37-29-16-14-12-10-8-2)90-73(78)58-52-46-40-34-28-31-36-42-48-54-66(5)6/h65-69,74H,7-64H2,1-6H3,(H,79,80)(H,81,82)/t67-,68+,69+/m0/s1. The van der Waals surface area contributed by atoms with Crippen LogP contribution in [-0.2, 0) is 65.4 Å². The van der Waals surface area contributed by atoms with E-state index in [2.05, 4.69) is 41.5 Å². The minimum Gasteiger partial charge on any atom is -0.462 e. The third kappa shape index (κ3) is 66.7. The molecule has 0 amide bonds. The van der Waals surface area contributed by atoms with Crippen molar-refractivity contribution in [3.8, 4) is 0 Å². The maximum atomic E-state index is 13.1. The fraction of sp³-hybridized carbons (Fsp3) is 0.945. The summed E-state index contributed by atoms with van der Waals surface area (Å²) in [5.74, 6) is -0.613. The summed E-state index contributed by atoms with van der Waals surface area (Å²) in [6.07, 6.45) is 51.3. The molecule has 0 saturated carbocycles. The zero-order valence-corrected chi connectivity index (χ0v) is 61.6. The number of hydrogen-bond acceptors (Lipinski definition) is 15. The number of carbonyl (C=O) groups excluding carboxylic acids is 4. The third-order valence-corrected chi connectivity index (χ3v) is 18.9. The van der Waals surface area contributed by atoms with Crippen LogP contribution >= 0.6 is 15.6 Å². The van der Waals surface area contributed by atoms with E-state index in [-0.39, 0.29) is 25.7 Å². The number of carbonyl (C=O) groups is 4. The Kier molecular flexibility index (Phi) is 63.7. The van der Waals surface area contributed by atoms with E-state index < -0.39 is 97.5 Å². The minimum atomic E-state index is -4.95. The predicted molar refractivity (Wildman–Crippen MR) is 372 cm³/mol. The molecule has 0 fully saturated rings. The Balaban J connectivity index is 5.23. The van der Waals surface area contributed by atoms with Crippen molar-refractivity contribution >= 4 is 39.5 Å². The largest absolute Gasteiger partial charge is 0.472 e. The van der Waals surface area contributed by atoms with Gasteiger partial charge < -0.3 is 33.8 Å². The molecule has 3 N–H and O–H groups in total. The minimum absolute atomic E-state index is 0.105. The summed E-state index contributed by atoms with van der Waals surface area (Å²) >= 11 is 0. The highest BCUT2D eigenvalue weighted by atomic mass is 31.2. The molecule has 0 bridgehead atoms. The van der Waals surface area contributed by atoms with Crippen LogP contribution in [-0.4, -0.2) is 96.7 Å². The fourth-order valence-corrected chi connectivity index (χ4v) is 12.7. The number of phosphoric acid groups is 2. The topological polar surface area (TPSA) is 237 Å². The molecule has 0 aliphatic carbocycles. The lowest BCUT2D eigenvalue weighted by Gasteiger charge is -2.21. The van der Waals surface area contributed by atoms with Crippen molar-refractivity contribution < 1.29 is 80.2 Å². The molecule has 0 aromatic carbocycles. The third-order valence-electron chi connectivity index (χ3n) is 17.0. The quantitative estimate of drug-likeness (QED) is 0.0222. The molecule has 0 saturated heterocycles. The molecular formula is C73H142O17P2. The van der Waals surface area contributed by atoms with Crippen LogP contribution in [0.3, 0.4) is 0 Å². The van der Waals surface area contributed by atoms with Crippen LogP contribution in [0.5, 0.6) is 0 Å². The molecule has 0 aliphatic heterocycles. The zero-order chi connectivity index (χ0) is 67.9. The van der Waals surface area contributed by atoms with Gasteiger partial charge in [-0.1, -0.05) is 324 Å². The first-order chi connectivity index (χ1) is 44.4. The Hall–Kier alpha value is -1.94. The normalized spacial score (nSPS) is 14.1. The number of rotatable bonds is 72. The highest BCUT2D eigenvalue weighted by Gasteiger charge is 2.30. The van der Waals surface area contributed by atoms with Gasteiger partial charge in [-0.25, -0.2) is 9.13 Å². The van der Waals surface area contributed by atoms with Crippen LogP contribution in [0.1, 0.15) is 375 Å². The number of phosphoric ester groups is 2. The van der Waals surface area contributed by atoms with Gasteiger partial charge in [-0.2, -0.15) is 0 Å². The van der Waals surface area contributed by atoms with Gasteiger partial charge in [0, 0.05) is 25.7 Å². The van der Waals surface area contributed by atoms with E-state index in [4.69, 9.17) is 37.0 Å². The molecule has 19 heteroatoms. The molecule has 546 valence electrons. The number of hydrogen-bond donors (Lipinski definition) is 3. The van der Waals surface area contributed by atoms with Crippen LogP contribution in [0, 0.1) is 11.8 Å². The van der Waals surface area contributed by atoms with Crippen molar-refractivity contribution in [2.75, 3.05) is 39.6 Å². The molecule has 0 aliphatic rings. The fourth-order valence-electron chi connectivity index (χ4n) is 11.1. The second-order valence-corrected chi connectivity index (χ2v) is 30.2. The number of unbranched alkanes of at least 4 members (excludes halogenated alkanes) is 42. The maximum absolute atomic E-state index is 13.1. The highest BCUT2D eigenvalue weighted by molar-refractivity contribution is 7.47. The Morgan fingerprint density at radius 2 is 0.500 bits per heavy atom. The molecule has 0 radical (unpaired) electrons. The van der Waals surface area contributed by atoms with Crippen molar-refractivity contribution in [3.05, 3.63) is 0 Å². The van der Waals surface area contributed by atoms with Gasteiger partial charge in [-0.05, 0) is 37.5 Å². The number of aliphatic hydroxyl groups is 1. The molecule has 0 rings (SSSR count). The first-order valence-corrected chi connectivity index (χ1v) is 41.0. The Morgan fingerprint density at radius 3 is 0.739 bits per heavy atom. The highest BCUT2D eigenvalue weighted by Crippen LogP contribution is 2.45. The lowest BCUT2D eigenvalue weighted by Crippen LogP contribution is -2.30. The van der Waals surface area contributed by atoms with Crippen molar-refractivity contribution in [2.45, 2.75) is 394 Å². The summed E-state index contributed by atoms with van der Waals surface area (Å²) in [5.41, 5.74) is 0. The van der Waals surface area contributed by atoms with E-state index in [1.807, 2.05) is 0 Å². The van der Waals surface area contributed by atoms with E-state index in [1.165, 1.54) is 193 Å². The molecular weight excluding hydrogens is 1210 g/mol. The molecule has 0 aromatic heterocycles. The zero-order valence-electron chi connectivity index (χ0n) is 59.9. The SMILES string of the molecule is CCCCCCCCCCCCCCCCCCCC(=O)O[C@H](COC(=O)CCCCCCCCCCCCCC(C)C)COP(=O)(O)OC[C@@H](O)COP(=O)(O)OC[C@@H](COC(=O)CCCCCCCCCCC)OC(=O)CCCCCCCCCCCC(C)C. The average Bonchev–Trinajstić information content (AvgIpc) is 2.44. The Morgan fingerprint density at radius 1 is 0.293 bits per heavy atom. The van der Waals surface area contributed by atoms with Gasteiger partial charge in [0.15, 0.2) is 12.2 Å². The Labute approximate surface area is 562 Å². The van der Waals surface area contributed by atoms with Crippen LogP contribution in [0.25, 0.3) is 0 Å². The molecule has 5 atom stereocenters. The number of esters is 4. The molecule has 0 aromatic rings. The summed E-state index contributed by atoms with van der Waals surface area (Å²) in [6.45, 7) is 9.54. The molecule has 17 nitrogen and oxygen atoms in total. The van der Waals surface area contributed by atoms with E-state index in [9.17, 15) is 43.2 Å². The van der Waals surface area contributed by atoms with Crippen LogP contribution in [0.2, 0.25) is 0 Å². The number of aliphatic hydroxyl groups excluding tert-OH is 1. The average molecular weight is 1350 g/mol. The molecule has 2 unspecified atom stereocenters. The summed E-state index contributed by atoms with van der Waals surface area (Å²) in [7, 11) is -9.90. The maximum Gasteiger partial charge on any atom is 0.472 e. The predicted octanol–water partition coefficient (Wildman–Crippen LogP) is 21.2. The van der Waals surface area contributed by atoms with Gasteiger partial charge in [0.1, 0.15) is 19.3 Å². The van der Waals surface area contributed by atoms with Crippen LogP contribution in [0.15, 0.2) is 0 Å². The van der Waals surface area contributed by atoms with E-state index in [0.29, 0.717) is 25.7 Å². The lowest BCUT2D eigenvalue weighted by atomic mass is 10.0. The first-order valence-electron chi connectivity index (χ1n) is 38.0. The van der Waals surface area contributed by atoms with Gasteiger partial charge in [0.25, 0.3) is 0 Å².